The van der Waals surface area contributed by atoms with Gasteiger partial charge < -0.3 is 19.9 Å². The van der Waals surface area contributed by atoms with Crippen molar-refractivity contribution < 1.29 is 14.4 Å². The fourth-order valence-electron chi connectivity index (χ4n) is 3.89. The Bertz CT molecular complexity index is 793. The number of nitrogens with one attached hydrogen (secondary N) is 2. The molecule has 1 aliphatic rings. The SMILES string of the molecule is CCOc1ccccc1N1CC[NH+]([C@H](C)C(=O)Nc2c(C)cccc2C)CC1. The van der Waals surface area contributed by atoms with E-state index in [1.165, 1.54) is 4.90 Å². The summed E-state index contributed by atoms with van der Waals surface area (Å²) in [7, 11) is 0. The second-order valence-corrected chi connectivity index (χ2v) is 7.52. The van der Waals surface area contributed by atoms with Crippen LogP contribution in [0.2, 0.25) is 0 Å². The molecule has 1 amide bonds. The summed E-state index contributed by atoms with van der Waals surface area (Å²) in [5.41, 5.74) is 4.31. The second-order valence-electron chi connectivity index (χ2n) is 7.52. The van der Waals surface area contributed by atoms with Crippen LogP contribution in [0.1, 0.15) is 25.0 Å². The molecule has 0 aromatic heterocycles. The van der Waals surface area contributed by atoms with Gasteiger partial charge in [-0.15, -0.1) is 0 Å². The summed E-state index contributed by atoms with van der Waals surface area (Å²) in [4.78, 5) is 16.5. The summed E-state index contributed by atoms with van der Waals surface area (Å²) in [6.45, 7) is 12.5. The van der Waals surface area contributed by atoms with Crippen LogP contribution >= 0.6 is 0 Å². The van der Waals surface area contributed by atoms with Gasteiger partial charge in [-0.25, -0.2) is 0 Å². The molecule has 5 heteroatoms. The number of hydrogen-bond acceptors (Lipinski definition) is 3. The largest absolute Gasteiger partial charge is 0.492 e. The van der Waals surface area contributed by atoms with Gasteiger partial charge >= 0.3 is 0 Å². The normalized spacial score (nSPS) is 15.9. The first-order chi connectivity index (χ1) is 13.5. The van der Waals surface area contributed by atoms with Crippen LogP contribution in [0.25, 0.3) is 0 Å². The molecular formula is C23H32N3O2+. The molecule has 0 aliphatic carbocycles. The third kappa shape index (κ3) is 4.47. The lowest BCUT2D eigenvalue weighted by molar-refractivity contribution is -0.914. The molecule has 3 rings (SSSR count). The fraction of sp³-hybridized carbons (Fsp3) is 0.435. The number of amides is 1. The summed E-state index contributed by atoms with van der Waals surface area (Å²) in [5.74, 6) is 1.03. The van der Waals surface area contributed by atoms with Crippen molar-refractivity contribution in [1.82, 2.24) is 0 Å². The van der Waals surface area contributed by atoms with E-state index in [9.17, 15) is 4.79 Å². The highest BCUT2D eigenvalue weighted by molar-refractivity contribution is 5.95. The lowest BCUT2D eigenvalue weighted by atomic mass is 10.1. The number of nitrogens with zero attached hydrogens (tertiary/aromatic N) is 1. The third-order valence-corrected chi connectivity index (χ3v) is 5.65. The molecule has 2 aromatic rings. The minimum absolute atomic E-state index is 0.0803. The van der Waals surface area contributed by atoms with E-state index in [2.05, 4.69) is 22.3 Å². The lowest BCUT2D eigenvalue weighted by Gasteiger charge is -2.36. The summed E-state index contributed by atoms with van der Waals surface area (Å²) in [6, 6.07) is 14.2. The van der Waals surface area contributed by atoms with Gasteiger partial charge in [-0.1, -0.05) is 30.3 Å². The van der Waals surface area contributed by atoms with Crippen molar-refractivity contribution in [3.8, 4) is 5.75 Å². The number of rotatable bonds is 6. The molecule has 28 heavy (non-hydrogen) atoms. The molecule has 1 heterocycles. The monoisotopic (exact) mass is 382 g/mol. The van der Waals surface area contributed by atoms with Crippen LogP contribution in [0.5, 0.6) is 5.75 Å². The van der Waals surface area contributed by atoms with Crippen molar-refractivity contribution in [1.29, 1.82) is 0 Å². The molecule has 0 spiro atoms. The van der Waals surface area contributed by atoms with Crippen molar-refractivity contribution in [2.24, 2.45) is 0 Å². The number of piperazine rings is 1. The lowest BCUT2D eigenvalue weighted by Crippen LogP contribution is -3.19. The number of benzene rings is 2. The highest BCUT2D eigenvalue weighted by Gasteiger charge is 2.30. The maximum absolute atomic E-state index is 12.8. The van der Waals surface area contributed by atoms with Crippen molar-refractivity contribution in [2.75, 3.05) is 43.0 Å². The minimum atomic E-state index is -0.0803. The molecule has 1 aliphatic heterocycles. The Labute approximate surface area is 168 Å². The van der Waals surface area contributed by atoms with Crippen LogP contribution in [0, 0.1) is 13.8 Å². The van der Waals surface area contributed by atoms with E-state index in [0.717, 1.165) is 54.4 Å². The van der Waals surface area contributed by atoms with Crippen molar-refractivity contribution in [2.45, 2.75) is 33.7 Å². The first-order valence-electron chi connectivity index (χ1n) is 10.2. The minimum Gasteiger partial charge on any atom is -0.492 e. The Kier molecular flexibility index (Phi) is 6.57. The Morgan fingerprint density at radius 3 is 2.39 bits per heavy atom. The molecule has 150 valence electrons. The van der Waals surface area contributed by atoms with E-state index in [1.807, 2.05) is 58.0 Å². The standard InChI is InChI=1S/C23H31N3O2/c1-5-28-21-12-7-6-11-20(21)26-15-13-25(14-16-26)19(4)23(27)24-22-17(2)9-8-10-18(22)3/h6-12,19H,5,13-16H2,1-4H3,(H,24,27)/p+1/t19-/m1/s1. The fourth-order valence-corrected chi connectivity index (χ4v) is 3.89. The number of para-hydroxylation sites is 3. The average Bonchev–Trinajstić information content (AvgIpc) is 2.71. The molecule has 2 N–H and O–H groups in total. The Morgan fingerprint density at radius 1 is 1.11 bits per heavy atom. The highest BCUT2D eigenvalue weighted by Crippen LogP contribution is 2.27. The van der Waals surface area contributed by atoms with Gasteiger partial charge in [0.1, 0.15) is 5.75 Å². The summed E-state index contributed by atoms with van der Waals surface area (Å²) in [5, 5.41) is 3.15. The van der Waals surface area contributed by atoms with Gasteiger partial charge in [-0.2, -0.15) is 0 Å². The van der Waals surface area contributed by atoms with Gasteiger partial charge in [0.2, 0.25) is 0 Å². The smallest absolute Gasteiger partial charge is 0.282 e. The van der Waals surface area contributed by atoms with E-state index in [-0.39, 0.29) is 11.9 Å². The second kappa shape index (κ2) is 9.11. The van der Waals surface area contributed by atoms with Gasteiger partial charge in [-0.05, 0) is 51.0 Å². The number of aryl methyl sites for hydroxylation is 2. The van der Waals surface area contributed by atoms with Crippen LogP contribution in [-0.2, 0) is 4.79 Å². The molecule has 0 radical (unpaired) electrons. The molecule has 5 nitrogen and oxygen atoms in total. The van der Waals surface area contributed by atoms with Gasteiger partial charge in [0.25, 0.3) is 5.91 Å². The molecule has 0 saturated carbocycles. The first kappa shape index (κ1) is 20.2. The quantitative estimate of drug-likeness (QED) is 0.807. The number of carbonyl (C=O) groups excluding carboxylic acids is 1. The van der Waals surface area contributed by atoms with Gasteiger partial charge in [0, 0.05) is 5.69 Å². The van der Waals surface area contributed by atoms with Gasteiger partial charge in [0.15, 0.2) is 6.04 Å². The Hall–Kier alpha value is -2.53. The maximum Gasteiger partial charge on any atom is 0.282 e. The zero-order valence-corrected chi connectivity index (χ0v) is 17.4. The molecule has 1 fully saturated rings. The zero-order chi connectivity index (χ0) is 20.1. The molecule has 0 unspecified atom stereocenters. The van der Waals surface area contributed by atoms with Crippen molar-refractivity contribution in [3.05, 3.63) is 53.6 Å². The molecular weight excluding hydrogens is 350 g/mol. The third-order valence-electron chi connectivity index (χ3n) is 5.65. The van der Waals surface area contributed by atoms with Gasteiger partial charge in [0.05, 0.1) is 38.5 Å². The Balaban J connectivity index is 1.61. The number of anilines is 2. The van der Waals surface area contributed by atoms with Crippen molar-refractivity contribution in [3.63, 3.8) is 0 Å². The number of quaternary nitrogens is 1. The van der Waals surface area contributed by atoms with E-state index in [4.69, 9.17) is 4.74 Å². The Morgan fingerprint density at radius 2 is 1.75 bits per heavy atom. The zero-order valence-electron chi connectivity index (χ0n) is 17.4. The van der Waals surface area contributed by atoms with Crippen LogP contribution in [-0.4, -0.2) is 44.7 Å². The number of hydrogen-bond donors (Lipinski definition) is 2. The number of carbonyl (C=O) groups is 1. The van der Waals surface area contributed by atoms with Crippen molar-refractivity contribution >= 4 is 17.3 Å². The van der Waals surface area contributed by atoms with E-state index >= 15 is 0 Å². The van der Waals surface area contributed by atoms with E-state index in [0.29, 0.717) is 6.61 Å². The van der Waals surface area contributed by atoms with Crippen LogP contribution < -0.4 is 19.9 Å². The molecule has 0 bridgehead atoms. The van der Waals surface area contributed by atoms with Crippen LogP contribution in [0.15, 0.2) is 42.5 Å². The molecule has 1 saturated heterocycles. The van der Waals surface area contributed by atoms with Crippen LogP contribution in [0.3, 0.4) is 0 Å². The van der Waals surface area contributed by atoms with Crippen LogP contribution in [0.4, 0.5) is 11.4 Å². The summed E-state index contributed by atoms with van der Waals surface area (Å²) >= 11 is 0. The van der Waals surface area contributed by atoms with E-state index < -0.39 is 0 Å². The first-order valence-corrected chi connectivity index (χ1v) is 10.2. The van der Waals surface area contributed by atoms with Gasteiger partial charge in [-0.3, -0.25) is 4.79 Å². The summed E-state index contributed by atoms with van der Waals surface area (Å²) < 4.78 is 5.78. The van der Waals surface area contributed by atoms with E-state index in [1.54, 1.807) is 0 Å². The predicted molar refractivity (Wildman–Crippen MR) is 115 cm³/mol. The maximum atomic E-state index is 12.8. The topological polar surface area (TPSA) is 46.0 Å². The predicted octanol–water partition coefficient (Wildman–Crippen LogP) is 2.43. The number of ether oxygens (including phenoxy) is 1. The highest BCUT2D eigenvalue weighted by atomic mass is 16.5. The molecule has 1 atom stereocenters. The summed E-state index contributed by atoms with van der Waals surface area (Å²) in [6.07, 6.45) is 0. The average molecular weight is 383 g/mol. The molecule has 2 aromatic carbocycles.